The normalized spacial score (nSPS) is 17.8. The van der Waals surface area contributed by atoms with Gasteiger partial charge in [-0.15, -0.1) is 0 Å². The molecule has 0 aromatic carbocycles. The Hall–Kier alpha value is -2.37. The average molecular weight is 285 g/mol. The van der Waals surface area contributed by atoms with Crippen LogP contribution in [0.5, 0.6) is 5.88 Å². The number of hydrogen-bond donors (Lipinski definition) is 1. The lowest BCUT2D eigenvalue weighted by Gasteiger charge is -2.17. The van der Waals surface area contributed by atoms with Crippen molar-refractivity contribution in [3.63, 3.8) is 0 Å². The summed E-state index contributed by atoms with van der Waals surface area (Å²) in [5.41, 5.74) is 0. The number of ether oxygens (including phenoxy) is 1. The lowest BCUT2D eigenvalue weighted by atomic mass is 10.1. The molecule has 6 nitrogen and oxygen atoms in total. The van der Waals surface area contributed by atoms with Crippen LogP contribution in [0, 0.1) is 5.92 Å². The van der Waals surface area contributed by atoms with E-state index < -0.39 is 0 Å². The van der Waals surface area contributed by atoms with Gasteiger partial charge in [0.15, 0.2) is 0 Å². The van der Waals surface area contributed by atoms with Crippen LogP contribution >= 0.6 is 0 Å². The topological polar surface area (TPSA) is 63.2 Å². The number of hydrogen-bond acceptors (Lipinski definition) is 6. The summed E-state index contributed by atoms with van der Waals surface area (Å²) in [6.45, 7) is 2.84. The average Bonchev–Trinajstić information content (AvgIpc) is 3.03. The van der Waals surface area contributed by atoms with Crippen molar-refractivity contribution in [3.8, 4) is 5.88 Å². The molecule has 0 bridgehead atoms. The van der Waals surface area contributed by atoms with Crippen molar-refractivity contribution in [3.05, 3.63) is 36.7 Å². The predicted molar refractivity (Wildman–Crippen MR) is 81.6 cm³/mol. The van der Waals surface area contributed by atoms with Gasteiger partial charge in [0.2, 0.25) is 11.8 Å². The minimum Gasteiger partial charge on any atom is -0.481 e. The van der Waals surface area contributed by atoms with Crippen molar-refractivity contribution < 1.29 is 4.74 Å². The molecule has 0 spiro atoms. The number of anilines is 2. The van der Waals surface area contributed by atoms with E-state index in [1.807, 2.05) is 18.2 Å². The van der Waals surface area contributed by atoms with Crippen molar-refractivity contribution in [2.75, 3.05) is 37.0 Å². The van der Waals surface area contributed by atoms with E-state index in [9.17, 15) is 0 Å². The number of nitrogens with zero attached hydrogens (tertiary/aromatic N) is 4. The summed E-state index contributed by atoms with van der Waals surface area (Å²) in [7, 11) is 1.62. The van der Waals surface area contributed by atoms with Gasteiger partial charge in [-0.25, -0.2) is 9.97 Å². The van der Waals surface area contributed by atoms with Gasteiger partial charge >= 0.3 is 0 Å². The van der Waals surface area contributed by atoms with Crippen LogP contribution in [0.2, 0.25) is 0 Å². The third-order valence-electron chi connectivity index (χ3n) is 3.63. The largest absolute Gasteiger partial charge is 0.481 e. The van der Waals surface area contributed by atoms with Gasteiger partial charge in [-0.2, -0.15) is 4.98 Å². The number of pyridine rings is 1. The minimum absolute atomic E-state index is 0.571. The SMILES string of the molecule is COc1ccnc(N2CC[C@@H](CNc3ccccn3)C2)n1. The van der Waals surface area contributed by atoms with Crippen LogP contribution in [0.4, 0.5) is 11.8 Å². The molecule has 3 rings (SSSR count). The first-order valence-corrected chi connectivity index (χ1v) is 7.12. The van der Waals surface area contributed by atoms with Gasteiger partial charge in [0.05, 0.1) is 7.11 Å². The van der Waals surface area contributed by atoms with Gasteiger partial charge in [-0.1, -0.05) is 6.07 Å². The highest BCUT2D eigenvalue weighted by Gasteiger charge is 2.24. The first kappa shape index (κ1) is 13.6. The zero-order chi connectivity index (χ0) is 14.5. The molecule has 6 heteroatoms. The van der Waals surface area contributed by atoms with Crippen LogP contribution in [-0.2, 0) is 0 Å². The maximum absolute atomic E-state index is 5.15. The number of nitrogens with one attached hydrogen (secondary N) is 1. The zero-order valence-electron chi connectivity index (χ0n) is 12.1. The molecule has 0 aliphatic carbocycles. The molecule has 1 atom stereocenters. The van der Waals surface area contributed by atoms with Crippen molar-refractivity contribution in [1.82, 2.24) is 15.0 Å². The Balaban J connectivity index is 1.55. The smallest absolute Gasteiger partial charge is 0.228 e. The van der Waals surface area contributed by atoms with Gasteiger partial charge in [0.25, 0.3) is 0 Å². The molecule has 1 saturated heterocycles. The summed E-state index contributed by atoms with van der Waals surface area (Å²) in [4.78, 5) is 15.2. The van der Waals surface area contributed by atoms with Crippen LogP contribution in [0.15, 0.2) is 36.7 Å². The van der Waals surface area contributed by atoms with Gasteiger partial charge in [0, 0.05) is 38.1 Å². The summed E-state index contributed by atoms with van der Waals surface area (Å²) < 4.78 is 5.15. The quantitative estimate of drug-likeness (QED) is 0.904. The molecule has 3 heterocycles. The van der Waals surface area contributed by atoms with E-state index in [1.165, 1.54) is 0 Å². The Bertz CT molecular complexity index is 577. The van der Waals surface area contributed by atoms with Gasteiger partial charge in [-0.3, -0.25) is 0 Å². The molecule has 1 aliphatic heterocycles. The van der Waals surface area contributed by atoms with Crippen molar-refractivity contribution >= 4 is 11.8 Å². The van der Waals surface area contributed by atoms with Gasteiger partial charge in [0.1, 0.15) is 5.82 Å². The standard InChI is InChI=1S/C15H19N5O/c1-21-14-5-8-17-15(19-14)20-9-6-12(11-20)10-18-13-4-2-3-7-16-13/h2-5,7-8,12H,6,9-11H2,1H3,(H,16,18)/t12-/m0/s1. The van der Waals surface area contributed by atoms with Crippen LogP contribution < -0.4 is 15.0 Å². The highest BCUT2D eigenvalue weighted by Crippen LogP contribution is 2.22. The second kappa shape index (κ2) is 6.39. The monoisotopic (exact) mass is 285 g/mol. The van der Waals surface area contributed by atoms with E-state index in [4.69, 9.17) is 4.74 Å². The van der Waals surface area contributed by atoms with Crippen molar-refractivity contribution in [2.24, 2.45) is 5.92 Å². The number of rotatable bonds is 5. The highest BCUT2D eigenvalue weighted by atomic mass is 16.5. The van der Waals surface area contributed by atoms with Crippen molar-refractivity contribution in [1.29, 1.82) is 0 Å². The number of aromatic nitrogens is 3. The van der Waals surface area contributed by atoms with Crippen LogP contribution in [-0.4, -0.2) is 41.7 Å². The first-order valence-electron chi connectivity index (χ1n) is 7.12. The fourth-order valence-corrected chi connectivity index (χ4v) is 2.50. The lowest BCUT2D eigenvalue weighted by Crippen LogP contribution is -2.24. The molecule has 0 unspecified atom stereocenters. The number of methoxy groups -OCH3 is 1. The Morgan fingerprint density at radius 1 is 1.29 bits per heavy atom. The third kappa shape index (κ3) is 3.39. The Morgan fingerprint density at radius 3 is 3.05 bits per heavy atom. The molecule has 0 radical (unpaired) electrons. The van der Waals surface area contributed by atoms with Crippen LogP contribution in [0.3, 0.4) is 0 Å². The summed E-state index contributed by atoms with van der Waals surface area (Å²) >= 11 is 0. The van der Waals surface area contributed by atoms with Crippen molar-refractivity contribution in [2.45, 2.75) is 6.42 Å². The lowest BCUT2D eigenvalue weighted by molar-refractivity contribution is 0.397. The molecule has 0 saturated carbocycles. The van der Waals surface area contributed by atoms with Crippen LogP contribution in [0.25, 0.3) is 0 Å². The molecule has 1 N–H and O–H groups in total. The zero-order valence-corrected chi connectivity index (χ0v) is 12.1. The Kier molecular flexibility index (Phi) is 4.14. The molecule has 1 aliphatic rings. The van der Waals surface area contributed by atoms with Gasteiger partial charge < -0.3 is 15.0 Å². The first-order chi connectivity index (χ1) is 10.3. The molecule has 2 aromatic heterocycles. The molecular formula is C15H19N5O. The van der Waals surface area contributed by atoms with E-state index in [0.717, 1.165) is 37.8 Å². The van der Waals surface area contributed by atoms with E-state index in [1.54, 1.807) is 25.6 Å². The second-order valence-electron chi connectivity index (χ2n) is 5.10. The third-order valence-corrected chi connectivity index (χ3v) is 3.63. The molecule has 110 valence electrons. The van der Waals surface area contributed by atoms with Gasteiger partial charge in [-0.05, 0) is 24.5 Å². The summed E-state index contributed by atoms with van der Waals surface area (Å²) in [6, 6.07) is 7.65. The Labute approximate surface area is 124 Å². The summed E-state index contributed by atoms with van der Waals surface area (Å²) in [5.74, 6) is 2.85. The molecule has 21 heavy (non-hydrogen) atoms. The minimum atomic E-state index is 0.571. The highest BCUT2D eigenvalue weighted by molar-refractivity contribution is 5.35. The molecule has 1 fully saturated rings. The maximum atomic E-state index is 5.15. The van der Waals surface area contributed by atoms with E-state index in [0.29, 0.717) is 11.8 Å². The molecule has 0 amide bonds. The summed E-state index contributed by atoms with van der Waals surface area (Å²) in [5, 5.41) is 3.38. The molecular weight excluding hydrogens is 266 g/mol. The predicted octanol–water partition coefficient (Wildman–Crippen LogP) is 1.82. The fraction of sp³-hybridized carbons (Fsp3) is 0.400. The maximum Gasteiger partial charge on any atom is 0.228 e. The van der Waals surface area contributed by atoms with E-state index in [2.05, 4.69) is 25.2 Å². The van der Waals surface area contributed by atoms with E-state index >= 15 is 0 Å². The fourth-order valence-electron chi connectivity index (χ4n) is 2.50. The Morgan fingerprint density at radius 2 is 2.24 bits per heavy atom. The van der Waals surface area contributed by atoms with Crippen LogP contribution in [0.1, 0.15) is 6.42 Å². The summed E-state index contributed by atoms with van der Waals surface area (Å²) in [6.07, 6.45) is 4.66. The molecule has 2 aromatic rings. The van der Waals surface area contributed by atoms with E-state index in [-0.39, 0.29) is 0 Å². The second-order valence-corrected chi connectivity index (χ2v) is 5.10.